The average Bonchev–Trinajstić information content (AvgIpc) is 1.99. The Morgan fingerprint density at radius 2 is 2.18 bits per heavy atom. The standard InChI is InChI=1S/C7H4BrCl2O/c1-11-7-5(10)3-2-4(9)6(7)8/h3H,1H3. The molecule has 0 saturated heterocycles. The molecule has 1 rings (SSSR count). The molecule has 1 radical (unpaired) electrons. The van der Waals surface area contributed by atoms with Crippen molar-refractivity contribution in [2.45, 2.75) is 0 Å². The summed E-state index contributed by atoms with van der Waals surface area (Å²) in [6, 6.07) is 4.31. The maximum absolute atomic E-state index is 5.76. The maximum atomic E-state index is 5.76. The number of benzene rings is 1. The second kappa shape index (κ2) is 3.65. The molecule has 0 unspecified atom stereocenters. The van der Waals surface area contributed by atoms with Crippen LogP contribution in [0.3, 0.4) is 0 Å². The van der Waals surface area contributed by atoms with Gasteiger partial charge in [-0.15, -0.1) is 0 Å². The van der Waals surface area contributed by atoms with E-state index in [1.807, 2.05) is 0 Å². The molecule has 0 aromatic heterocycles. The summed E-state index contributed by atoms with van der Waals surface area (Å²) in [7, 11) is 1.53. The van der Waals surface area contributed by atoms with Gasteiger partial charge in [0.05, 0.1) is 21.6 Å². The lowest BCUT2D eigenvalue weighted by molar-refractivity contribution is 0.412. The molecule has 0 fully saturated rings. The van der Waals surface area contributed by atoms with Crippen molar-refractivity contribution in [3.05, 3.63) is 26.7 Å². The lowest BCUT2D eigenvalue weighted by Gasteiger charge is -2.05. The van der Waals surface area contributed by atoms with E-state index in [0.717, 1.165) is 0 Å². The molecule has 0 N–H and O–H groups in total. The third-order valence-corrected chi connectivity index (χ3v) is 2.70. The molecule has 0 aliphatic rings. The fourth-order valence-corrected chi connectivity index (χ4v) is 1.62. The van der Waals surface area contributed by atoms with Crippen LogP contribution in [0.15, 0.2) is 10.5 Å². The first-order valence-corrected chi connectivity index (χ1v) is 4.31. The number of hydrogen-bond donors (Lipinski definition) is 0. The number of ether oxygens (including phenoxy) is 1. The maximum Gasteiger partial charge on any atom is 0.153 e. The zero-order valence-corrected chi connectivity index (χ0v) is 8.72. The zero-order chi connectivity index (χ0) is 8.43. The van der Waals surface area contributed by atoms with E-state index in [9.17, 15) is 0 Å². The van der Waals surface area contributed by atoms with E-state index in [1.54, 1.807) is 6.07 Å². The Balaban J connectivity index is 3.29. The van der Waals surface area contributed by atoms with Gasteiger partial charge in [0, 0.05) is 6.07 Å². The van der Waals surface area contributed by atoms with E-state index in [4.69, 9.17) is 27.9 Å². The van der Waals surface area contributed by atoms with Crippen LogP contribution in [0.2, 0.25) is 10.0 Å². The molecule has 0 spiro atoms. The molecule has 0 aliphatic heterocycles. The lowest BCUT2D eigenvalue weighted by Crippen LogP contribution is -1.85. The van der Waals surface area contributed by atoms with Gasteiger partial charge < -0.3 is 4.74 Å². The van der Waals surface area contributed by atoms with Crippen molar-refractivity contribution in [1.82, 2.24) is 0 Å². The summed E-state index contributed by atoms with van der Waals surface area (Å²) in [6.45, 7) is 0. The van der Waals surface area contributed by atoms with E-state index in [2.05, 4.69) is 22.0 Å². The van der Waals surface area contributed by atoms with Crippen molar-refractivity contribution in [2.24, 2.45) is 0 Å². The average molecular weight is 255 g/mol. The van der Waals surface area contributed by atoms with Gasteiger partial charge in [-0.05, 0) is 22.0 Å². The third-order valence-electron chi connectivity index (χ3n) is 1.14. The van der Waals surface area contributed by atoms with E-state index in [1.165, 1.54) is 7.11 Å². The molecule has 0 saturated carbocycles. The van der Waals surface area contributed by atoms with Gasteiger partial charge in [-0.3, -0.25) is 0 Å². The van der Waals surface area contributed by atoms with Crippen molar-refractivity contribution in [1.29, 1.82) is 0 Å². The van der Waals surface area contributed by atoms with Gasteiger partial charge in [0.15, 0.2) is 5.75 Å². The lowest BCUT2D eigenvalue weighted by atomic mass is 10.3. The Hall–Kier alpha value is 0.0800. The van der Waals surface area contributed by atoms with Crippen LogP contribution in [-0.4, -0.2) is 7.11 Å². The number of methoxy groups -OCH3 is 1. The highest BCUT2D eigenvalue weighted by Gasteiger charge is 2.08. The second-order valence-electron chi connectivity index (χ2n) is 1.80. The summed E-state index contributed by atoms with van der Waals surface area (Å²) in [6.07, 6.45) is 0. The smallest absolute Gasteiger partial charge is 0.153 e. The van der Waals surface area contributed by atoms with Crippen LogP contribution in [0.4, 0.5) is 0 Å². The Labute approximate surface area is 83.4 Å². The zero-order valence-electron chi connectivity index (χ0n) is 5.62. The fraction of sp³-hybridized carbons (Fsp3) is 0.143. The summed E-state index contributed by atoms with van der Waals surface area (Å²) in [5, 5.41) is 0.954. The van der Waals surface area contributed by atoms with E-state index < -0.39 is 0 Å². The molecule has 1 nitrogen and oxygen atoms in total. The summed E-state index contributed by atoms with van der Waals surface area (Å²) in [5.74, 6) is 0.537. The normalized spacial score (nSPS) is 9.82. The predicted molar refractivity (Wildman–Crippen MR) is 49.6 cm³/mol. The van der Waals surface area contributed by atoms with Gasteiger partial charge in [-0.25, -0.2) is 0 Å². The molecule has 0 heterocycles. The van der Waals surface area contributed by atoms with E-state index in [-0.39, 0.29) is 0 Å². The van der Waals surface area contributed by atoms with Crippen molar-refractivity contribution in [2.75, 3.05) is 7.11 Å². The van der Waals surface area contributed by atoms with Crippen molar-refractivity contribution in [3.8, 4) is 5.75 Å². The minimum atomic E-state index is 0.464. The number of halogens is 3. The van der Waals surface area contributed by atoms with Crippen molar-refractivity contribution in [3.63, 3.8) is 0 Å². The van der Waals surface area contributed by atoms with Crippen LogP contribution in [0.25, 0.3) is 0 Å². The molecule has 0 atom stereocenters. The first kappa shape index (κ1) is 9.17. The SMILES string of the molecule is COc1c(Cl)c[c]c(Cl)c1Br. The molecule has 0 aliphatic carbocycles. The van der Waals surface area contributed by atoms with Gasteiger partial charge in [-0.1, -0.05) is 23.2 Å². The Morgan fingerprint density at radius 1 is 1.55 bits per heavy atom. The van der Waals surface area contributed by atoms with Crippen molar-refractivity contribution < 1.29 is 4.74 Å². The van der Waals surface area contributed by atoms with Gasteiger partial charge in [-0.2, -0.15) is 0 Å². The minimum absolute atomic E-state index is 0.464. The van der Waals surface area contributed by atoms with E-state index >= 15 is 0 Å². The highest BCUT2D eigenvalue weighted by molar-refractivity contribution is 9.10. The summed E-state index contributed by atoms with van der Waals surface area (Å²) in [5.41, 5.74) is 0. The molecule has 0 amide bonds. The highest BCUT2D eigenvalue weighted by Crippen LogP contribution is 2.37. The first-order chi connectivity index (χ1) is 5.16. The highest BCUT2D eigenvalue weighted by atomic mass is 79.9. The van der Waals surface area contributed by atoms with Crippen LogP contribution in [-0.2, 0) is 0 Å². The Morgan fingerprint density at radius 3 is 2.64 bits per heavy atom. The number of rotatable bonds is 1. The van der Waals surface area contributed by atoms with Gasteiger partial charge in [0.25, 0.3) is 0 Å². The van der Waals surface area contributed by atoms with Gasteiger partial charge in [0.2, 0.25) is 0 Å². The summed E-state index contributed by atoms with van der Waals surface area (Å²) in [4.78, 5) is 0. The van der Waals surface area contributed by atoms with Crippen LogP contribution >= 0.6 is 39.1 Å². The minimum Gasteiger partial charge on any atom is -0.494 e. The van der Waals surface area contributed by atoms with Crippen LogP contribution in [0.1, 0.15) is 0 Å². The summed E-state index contributed by atoms with van der Waals surface area (Å²) >= 11 is 14.7. The first-order valence-electron chi connectivity index (χ1n) is 2.76. The van der Waals surface area contributed by atoms with Crippen LogP contribution in [0.5, 0.6) is 5.75 Å². The topological polar surface area (TPSA) is 9.23 Å². The Kier molecular flexibility index (Phi) is 3.05. The van der Waals surface area contributed by atoms with Crippen LogP contribution in [0, 0.1) is 6.07 Å². The molecule has 0 bridgehead atoms. The number of hydrogen-bond acceptors (Lipinski definition) is 1. The third kappa shape index (κ3) is 1.81. The van der Waals surface area contributed by atoms with E-state index in [0.29, 0.717) is 20.3 Å². The summed E-state index contributed by atoms with van der Waals surface area (Å²) < 4.78 is 5.61. The molecular weight excluding hydrogens is 251 g/mol. The molecule has 11 heavy (non-hydrogen) atoms. The fourth-order valence-electron chi connectivity index (χ4n) is 0.647. The molecular formula is C7H4BrCl2O. The largest absolute Gasteiger partial charge is 0.494 e. The molecule has 1 aromatic carbocycles. The molecule has 1 aromatic rings. The monoisotopic (exact) mass is 253 g/mol. The molecule has 59 valence electrons. The quantitative estimate of drug-likeness (QED) is 0.697. The molecule has 4 heteroatoms. The predicted octanol–water partition coefficient (Wildman–Crippen LogP) is 3.56. The van der Waals surface area contributed by atoms with Gasteiger partial charge >= 0.3 is 0 Å². The van der Waals surface area contributed by atoms with Gasteiger partial charge in [0.1, 0.15) is 0 Å². The Bertz CT molecular complexity index is 275. The van der Waals surface area contributed by atoms with Crippen molar-refractivity contribution >= 4 is 39.1 Å². The second-order valence-corrected chi connectivity index (χ2v) is 3.38. The van der Waals surface area contributed by atoms with Crippen LogP contribution < -0.4 is 4.74 Å².